The number of hydrogen-bond acceptors (Lipinski definition) is 2. The number of hydrogen-bond donors (Lipinski definition) is 1. The highest BCUT2D eigenvalue weighted by molar-refractivity contribution is 5.79. The maximum Gasteiger partial charge on any atom is 0.227 e. The number of benzene rings is 1. The molecule has 1 aliphatic rings. The zero-order valence-corrected chi connectivity index (χ0v) is 12.2. The first-order chi connectivity index (χ1) is 9.08. The molecule has 0 unspecified atom stereocenters. The van der Waals surface area contributed by atoms with Crippen LogP contribution in [0.25, 0.3) is 0 Å². The van der Waals surface area contributed by atoms with Gasteiger partial charge in [0, 0.05) is 20.1 Å². The third kappa shape index (κ3) is 3.57. The zero-order chi connectivity index (χ0) is 13.8. The highest BCUT2D eigenvalue weighted by Crippen LogP contribution is 2.16. The molecule has 1 aromatic carbocycles. The van der Waals surface area contributed by atoms with E-state index in [0.29, 0.717) is 6.54 Å². The zero-order valence-electron chi connectivity index (χ0n) is 12.2. The van der Waals surface area contributed by atoms with Crippen molar-refractivity contribution in [2.45, 2.75) is 33.2 Å². The van der Waals surface area contributed by atoms with Crippen LogP contribution in [0.4, 0.5) is 0 Å². The average Bonchev–Trinajstić information content (AvgIpc) is 2.42. The standard InChI is InChI=1S/C16H24N2O/c1-12-6-7-15(13(2)9-12)11-18(3)16(19)14-5-4-8-17-10-14/h6-7,9,14,17H,4-5,8,10-11H2,1-3H3/t14-/m1/s1. The number of carbonyl (C=O) groups is 1. The lowest BCUT2D eigenvalue weighted by atomic mass is 9.97. The van der Waals surface area contributed by atoms with Crippen molar-refractivity contribution in [3.8, 4) is 0 Å². The Kier molecular flexibility index (Phi) is 4.59. The largest absolute Gasteiger partial charge is 0.341 e. The van der Waals surface area contributed by atoms with Gasteiger partial charge >= 0.3 is 0 Å². The SMILES string of the molecule is Cc1ccc(CN(C)C(=O)[C@@H]2CCCNC2)c(C)c1. The van der Waals surface area contributed by atoms with E-state index in [9.17, 15) is 4.79 Å². The molecule has 1 atom stereocenters. The fourth-order valence-electron chi connectivity index (χ4n) is 2.73. The van der Waals surface area contributed by atoms with Crippen LogP contribution < -0.4 is 5.32 Å². The third-order valence-corrected chi connectivity index (χ3v) is 3.93. The van der Waals surface area contributed by atoms with Crippen molar-refractivity contribution in [2.75, 3.05) is 20.1 Å². The molecule has 0 saturated carbocycles. The van der Waals surface area contributed by atoms with Gasteiger partial charge in [-0.25, -0.2) is 0 Å². The molecule has 0 radical (unpaired) electrons. The van der Waals surface area contributed by atoms with Crippen molar-refractivity contribution in [3.05, 3.63) is 34.9 Å². The molecule has 104 valence electrons. The van der Waals surface area contributed by atoms with Gasteiger partial charge in [0.2, 0.25) is 5.91 Å². The maximum atomic E-state index is 12.4. The third-order valence-electron chi connectivity index (χ3n) is 3.93. The van der Waals surface area contributed by atoms with E-state index < -0.39 is 0 Å². The molecule has 19 heavy (non-hydrogen) atoms. The molecule has 3 heteroatoms. The van der Waals surface area contributed by atoms with E-state index in [0.717, 1.165) is 25.9 Å². The number of nitrogens with zero attached hydrogens (tertiary/aromatic N) is 1. The topological polar surface area (TPSA) is 32.3 Å². The minimum Gasteiger partial charge on any atom is -0.341 e. The summed E-state index contributed by atoms with van der Waals surface area (Å²) < 4.78 is 0. The van der Waals surface area contributed by atoms with Gasteiger partial charge in [0.25, 0.3) is 0 Å². The van der Waals surface area contributed by atoms with E-state index in [-0.39, 0.29) is 11.8 Å². The molecule has 1 amide bonds. The molecule has 1 saturated heterocycles. The summed E-state index contributed by atoms with van der Waals surface area (Å²) in [4.78, 5) is 14.2. The molecule has 0 aliphatic carbocycles. The Morgan fingerprint density at radius 1 is 1.42 bits per heavy atom. The fourth-order valence-corrected chi connectivity index (χ4v) is 2.73. The van der Waals surface area contributed by atoms with Crippen molar-refractivity contribution < 1.29 is 4.79 Å². The maximum absolute atomic E-state index is 12.4. The Balaban J connectivity index is 1.99. The Morgan fingerprint density at radius 3 is 2.84 bits per heavy atom. The van der Waals surface area contributed by atoms with Crippen molar-refractivity contribution in [1.29, 1.82) is 0 Å². The van der Waals surface area contributed by atoms with E-state index in [2.05, 4.69) is 37.4 Å². The first-order valence-electron chi connectivity index (χ1n) is 7.10. The monoisotopic (exact) mass is 260 g/mol. The second-order valence-corrected chi connectivity index (χ2v) is 5.67. The summed E-state index contributed by atoms with van der Waals surface area (Å²) >= 11 is 0. The molecule has 0 spiro atoms. The van der Waals surface area contributed by atoms with E-state index in [1.165, 1.54) is 16.7 Å². The normalized spacial score (nSPS) is 19.2. The predicted molar refractivity (Wildman–Crippen MR) is 78.0 cm³/mol. The summed E-state index contributed by atoms with van der Waals surface area (Å²) in [6.45, 7) is 6.80. The van der Waals surface area contributed by atoms with Crippen molar-refractivity contribution >= 4 is 5.91 Å². The van der Waals surface area contributed by atoms with Crippen LogP contribution in [0.2, 0.25) is 0 Å². The number of rotatable bonds is 3. The minimum absolute atomic E-state index is 0.157. The quantitative estimate of drug-likeness (QED) is 0.904. The molecule has 0 bridgehead atoms. The van der Waals surface area contributed by atoms with Crippen LogP contribution in [0, 0.1) is 19.8 Å². The minimum atomic E-state index is 0.157. The lowest BCUT2D eigenvalue weighted by Gasteiger charge is -2.27. The Bertz CT molecular complexity index is 450. The van der Waals surface area contributed by atoms with Crippen molar-refractivity contribution in [1.82, 2.24) is 10.2 Å². The van der Waals surface area contributed by atoms with Crippen molar-refractivity contribution in [3.63, 3.8) is 0 Å². The van der Waals surface area contributed by atoms with Crippen LogP contribution in [-0.4, -0.2) is 30.9 Å². The van der Waals surface area contributed by atoms with Crippen LogP contribution in [0.3, 0.4) is 0 Å². The number of nitrogens with one attached hydrogen (secondary N) is 1. The van der Waals surface area contributed by atoms with Crippen LogP contribution >= 0.6 is 0 Å². The summed E-state index contributed by atoms with van der Waals surface area (Å²) in [5.74, 6) is 0.427. The molecule has 1 N–H and O–H groups in total. The first kappa shape index (κ1) is 14.1. The van der Waals surface area contributed by atoms with Crippen LogP contribution in [-0.2, 0) is 11.3 Å². The molecule has 0 aromatic heterocycles. The van der Waals surface area contributed by atoms with Gasteiger partial charge in [-0.1, -0.05) is 23.8 Å². The molecule has 1 aromatic rings. The predicted octanol–water partition coefficient (Wildman–Crippen LogP) is 2.26. The van der Waals surface area contributed by atoms with Gasteiger partial charge in [-0.3, -0.25) is 4.79 Å². The van der Waals surface area contributed by atoms with Gasteiger partial charge in [-0.15, -0.1) is 0 Å². The van der Waals surface area contributed by atoms with Gasteiger partial charge in [-0.05, 0) is 44.4 Å². The van der Waals surface area contributed by atoms with E-state index in [1.54, 1.807) is 0 Å². The van der Waals surface area contributed by atoms with Gasteiger partial charge in [0.15, 0.2) is 0 Å². The highest BCUT2D eigenvalue weighted by Gasteiger charge is 2.23. The van der Waals surface area contributed by atoms with E-state index >= 15 is 0 Å². The van der Waals surface area contributed by atoms with E-state index in [1.807, 2.05) is 11.9 Å². The summed E-state index contributed by atoms with van der Waals surface area (Å²) in [5, 5.41) is 3.31. The number of carbonyl (C=O) groups excluding carboxylic acids is 1. The molecular formula is C16H24N2O. The highest BCUT2D eigenvalue weighted by atomic mass is 16.2. The lowest BCUT2D eigenvalue weighted by molar-refractivity contribution is -0.135. The Morgan fingerprint density at radius 2 is 2.21 bits per heavy atom. The molecule has 1 heterocycles. The van der Waals surface area contributed by atoms with Gasteiger partial charge in [-0.2, -0.15) is 0 Å². The van der Waals surface area contributed by atoms with E-state index in [4.69, 9.17) is 0 Å². The summed E-state index contributed by atoms with van der Waals surface area (Å²) in [6.07, 6.45) is 2.12. The summed E-state index contributed by atoms with van der Waals surface area (Å²) in [5.41, 5.74) is 3.78. The number of amides is 1. The molecular weight excluding hydrogens is 236 g/mol. The second-order valence-electron chi connectivity index (χ2n) is 5.67. The molecule has 2 rings (SSSR count). The number of aryl methyl sites for hydroxylation is 2. The van der Waals surface area contributed by atoms with Gasteiger partial charge < -0.3 is 10.2 Å². The van der Waals surface area contributed by atoms with Crippen LogP contribution in [0.5, 0.6) is 0 Å². The Labute approximate surface area is 116 Å². The van der Waals surface area contributed by atoms with Crippen LogP contribution in [0.15, 0.2) is 18.2 Å². The molecule has 3 nitrogen and oxygen atoms in total. The second kappa shape index (κ2) is 6.20. The van der Waals surface area contributed by atoms with Gasteiger partial charge in [0.1, 0.15) is 0 Å². The Hall–Kier alpha value is -1.35. The van der Waals surface area contributed by atoms with Crippen LogP contribution in [0.1, 0.15) is 29.5 Å². The van der Waals surface area contributed by atoms with Gasteiger partial charge in [0.05, 0.1) is 5.92 Å². The molecule has 1 aliphatic heterocycles. The summed E-state index contributed by atoms with van der Waals surface area (Å²) in [7, 11) is 1.91. The number of piperidine rings is 1. The fraction of sp³-hybridized carbons (Fsp3) is 0.562. The first-order valence-corrected chi connectivity index (χ1v) is 7.10. The molecule has 1 fully saturated rings. The van der Waals surface area contributed by atoms with Crippen molar-refractivity contribution in [2.24, 2.45) is 5.92 Å². The average molecular weight is 260 g/mol. The summed E-state index contributed by atoms with van der Waals surface area (Å²) in [6, 6.07) is 6.42. The smallest absolute Gasteiger partial charge is 0.227 e. The lowest BCUT2D eigenvalue weighted by Crippen LogP contribution is -2.41.